The molecule has 7 nitrogen and oxygen atoms in total. The third-order valence-corrected chi connectivity index (χ3v) is 5.18. The molecule has 2 rings (SSSR count). The van der Waals surface area contributed by atoms with E-state index in [2.05, 4.69) is 20.5 Å². The number of rotatable bonds is 8. The van der Waals surface area contributed by atoms with Crippen LogP contribution in [0.1, 0.15) is 48.5 Å². The Balaban J connectivity index is 1.79. The van der Waals surface area contributed by atoms with Crippen molar-refractivity contribution in [2.24, 2.45) is 0 Å². The number of thiazole rings is 1. The maximum atomic E-state index is 11.9. The van der Waals surface area contributed by atoms with Gasteiger partial charge in [-0.25, -0.2) is 9.78 Å². The van der Waals surface area contributed by atoms with Crippen LogP contribution < -0.4 is 10.6 Å². The molecule has 25 heavy (non-hydrogen) atoms. The number of aromatic nitrogens is 1. The van der Waals surface area contributed by atoms with Gasteiger partial charge in [0, 0.05) is 25.7 Å². The van der Waals surface area contributed by atoms with Crippen LogP contribution in [-0.2, 0) is 9.53 Å². The normalized spacial score (nSPS) is 15.8. The average Bonchev–Trinajstić information content (AvgIpc) is 2.95. The Morgan fingerprint density at radius 2 is 2.04 bits per heavy atom. The lowest BCUT2D eigenvalue weighted by Crippen LogP contribution is -2.44. The number of nitrogens with zero attached hydrogens (tertiary/aromatic N) is 2. The molecule has 0 saturated carbocycles. The monoisotopic (exact) mass is 368 g/mol. The van der Waals surface area contributed by atoms with Crippen LogP contribution in [0, 0.1) is 6.92 Å². The Hall–Kier alpha value is -1.67. The predicted octanol–water partition coefficient (Wildman–Crippen LogP) is 2.03. The topological polar surface area (TPSA) is 83.6 Å². The summed E-state index contributed by atoms with van der Waals surface area (Å²) in [4.78, 5) is 30.8. The van der Waals surface area contributed by atoms with Crippen molar-refractivity contribution < 1.29 is 14.3 Å². The second kappa shape index (κ2) is 9.72. The summed E-state index contributed by atoms with van der Waals surface area (Å²) in [6.45, 7) is 9.00. The molecule has 8 heteroatoms. The zero-order valence-corrected chi connectivity index (χ0v) is 16.1. The van der Waals surface area contributed by atoms with Gasteiger partial charge in [-0.15, -0.1) is 0 Å². The van der Waals surface area contributed by atoms with E-state index < -0.39 is 0 Å². The maximum absolute atomic E-state index is 11.9. The van der Waals surface area contributed by atoms with Gasteiger partial charge in [0.15, 0.2) is 5.13 Å². The summed E-state index contributed by atoms with van der Waals surface area (Å²) in [5.41, 5.74) is 0.705. The molecule has 1 aliphatic rings. The van der Waals surface area contributed by atoms with E-state index in [0.717, 1.165) is 44.0 Å². The van der Waals surface area contributed by atoms with Gasteiger partial charge in [-0.05, 0) is 33.1 Å². The molecule has 2 heterocycles. The summed E-state index contributed by atoms with van der Waals surface area (Å²) in [6.07, 6.45) is 2.86. The lowest BCUT2D eigenvalue weighted by Gasteiger charge is -2.31. The van der Waals surface area contributed by atoms with Crippen LogP contribution in [0.15, 0.2) is 0 Å². The summed E-state index contributed by atoms with van der Waals surface area (Å²) in [5.74, 6) is -0.207. The number of piperidine rings is 1. The molecule has 1 fully saturated rings. The fraction of sp³-hybridized carbons (Fsp3) is 0.706. The van der Waals surface area contributed by atoms with Gasteiger partial charge in [0.1, 0.15) is 4.88 Å². The van der Waals surface area contributed by atoms with Gasteiger partial charge < -0.3 is 15.4 Å². The van der Waals surface area contributed by atoms with E-state index in [9.17, 15) is 9.59 Å². The number of nitrogens with one attached hydrogen (secondary N) is 2. The number of likely N-dealkylation sites (tertiary alicyclic amines) is 1. The molecule has 1 amide bonds. The van der Waals surface area contributed by atoms with Gasteiger partial charge in [-0.2, -0.15) is 0 Å². The van der Waals surface area contributed by atoms with E-state index in [4.69, 9.17) is 4.74 Å². The maximum Gasteiger partial charge on any atom is 0.350 e. The van der Waals surface area contributed by atoms with Gasteiger partial charge in [-0.3, -0.25) is 9.69 Å². The molecule has 0 aliphatic carbocycles. The van der Waals surface area contributed by atoms with Crippen LogP contribution in [0.4, 0.5) is 5.13 Å². The van der Waals surface area contributed by atoms with Crippen molar-refractivity contribution in [2.75, 3.05) is 38.1 Å². The Bertz CT molecular complexity index is 582. The van der Waals surface area contributed by atoms with Crippen molar-refractivity contribution in [3.8, 4) is 0 Å². The number of carbonyl (C=O) groups excluding carboxylic acids is 2. The molecule has 0 radical (unpaired) electrons. The number of esters is 1. The fourth-order valence-electron chi connectivity index (χ4n) is 2.78. The van der Waals surface area contributed by atoms with E-state index >= 15 is 0 Å². The molecule has 140 valence electrons. The first-order chi connectivity index (χ1) is 12.0. The van der Waals surface area contributed by atoms with Crippen LogP contribution in [0.2, 0.25) is 0 Å². The number of hydrogen-bond acceptors (Lipinski definition) is 7. The van der Waals surface area contributed by atoms with Crippen LogP contribution in [-0.4, -0.2) is 60.6 Å². The fourth-order valence-corrected chi connectivity index (χ4v) is 3.71. The SMILES string of the molecule is CCCNC(=O)CN1CCC(Nc2nc(C)c(C(=O)OCC)s2)CC1. The highest BCUT2D eigenvalue weighted by Crippen LogP contribution is 2.25. The predicted molar refractivity (Wildman–Crippen MR) is 99.2 cm³/mol. The van der Waals surface area contributed by atoms with Gasteiger partial charge in [0.2, 0.25) is 5.91 Å². The van der Waals surface area contributed by atoms with Gasteiger partial charge in [-0.1, -0.05) is 18.3 Å². The van der Waals surface area contributed by atoms with Crippen molar-refractivity contribution >= 4 is 28.3 Å². The molecular formula is C17H28N4O3S. The molecule has 0 atom stereocenters. The van der Waals surface area contributed by atoms with Gasteiger partial charge >= 0.3 is 5.97 Å². The summed E-state index contributed by atoms with van der Waals surface area (Å²) < 4.78 is 5.05. The minimum Gasteiger partial charge on any atom is -0.462 e. The van der Waals surface area contributed by atoms with E-state index in [1.54, 1.807) is 6.92 Å². The van der Waals surface area contributed by atoms with Crippen molar-refractivity contribution in [1.29, 1.82) is 0 Å². The number of ether oxygens (including phenoxy) is 1. The van der Waals surface area contributed by atoms with Crippen LogP contribution in [0.3, 0.4) is 0 Å². The zero-order chi connectivity index (χ0) is 18.2. The molecular weight excluding hydrogens is 340 g/mol. The van der Waals surface area contributed by atoms with Crippen LogP contribution in [0.25, 0.3) is 0 Å². The minimum atomic E-state index is -0.307. The van der Waals surface area contributed by atoms with E-state index in [-0.39, 0.29) is 11.9 Å². The molecule has 1 aromatic heterocycles. The highest BCUT2D eigenvalue weighted by molar-refractivity contribution is 7.17. The highest BCUT2D eigenvalue weighted by atomic mass is 32.1. The first-order valence-corrected chi connectivity index (χ1v) is 9.75. The number of carbonyl (C=O) groups is 2. The molecule has 0 bridgehead atoms. The number of amides is 1. The summed E-state index contributed by atoms with van der Waals surface area (Å²) in [6, 6.07) is 0.315. The second-order valence-electron chi connectivity index (χ2n) is 6.20. The number of hydrogen-bond donors (Lipinski definition) is 2. The smallest absolute Gasteiger partial charge is 0.350 e. The Morgan fingerprint density at radius 1 is 1.32 bits per heavy atom. The largest absolute Gasteiger partial charge is 0.462 e. The van der Waals surface area contributed by atoms with Crippen molar-refractivity contribution in [2.45, 2.75) is 46.1 Å². The highest BCUT2D eigenvalue weighted by Gasteiger charge is 2.23. The first kappa shape index (κ1) is 19.7. The van der Waals surface area contributed by atoms with Gasteiger partial charge in [0.25, 0.3) is 0 Å². The molecule has 0 aromatic carbocycles. The third-order valence-electron chi connectivity index (χ3n) is 4.11. The van der Waals surface area contributed by atoms with Crippen LogP contribution in [0.5, 0.6) is 0 Å². The summed E-state index contributed by atoms with van der Waals surface area (Å²) in [5, 5.41) is 7.10. The number of anilines is 1. The lowest BCUT2D eigenvalue weighted by atomic mass is 10.1. The molecule has 2 N–H and O–H groups in total. The molecule has 1 aliphatic heterocycles. The number of aryl methyl sites for hydroxylation is 1. The Labute approximate surface area is 153 Å². The molecule has 1 aromatic rings. The quantitative estimate of drug-likeness (QED) is 0.683. The lowest BCUT2D eigenvalue weighted by molar-refractivity contribution is -0.122. The standard InChI is InChI=1S/C17H28N4O3S/c1-4-8-18-14(22)11-21-9-6-13(7-10-21)20-17-19-12(3)15(25-17)16(23)24-5-2/h13H,4-11H2,1-3H3,(H,18,22)(H,19,20). The van der Waals surface area contributed by atoms with E-state index in [1.165, 1.54) is 11.3 Å². The van der Waals surface area contributed by atoms with Gasteiger partial charge in [0.05, 0.1) is 18.8 Å². The van der Waals surface area contributed by atoms with Crippen molar-refractivity contribution in [1.82, 2.24) is 15.2 Å². The van der Waals surface area contributed by atoms with E-state index in [0.29, 0.717) is 29.8 Å². The van der Waals surface area contributed by atoms with Crippen molar-refractivity contribution in [3.05, 3.63) is 10.6 Å². The van der Waals surface area contributed by atoms with Crippen molar-refractivity contribution in [3.63, 3.8) is 0 Å². The zero-order valence-electron chi connectivity index (χ0n) is 15.3. The van der Waals surface area contributed by atoms with E-state index in [1.807, 2.05) is 13.8 Å². The summed E-state index contributed by atoms with van der Waals surface area (Å²) >= 11 is 1.35. The van der Waals surface area contributed by atoms with Crippen LogP contribution >= 0.6 is 11.3 Å². The Morgan fingerprint density at radius 3 is 2.68 bits per heavy atom. The minimum absolute atomic E-state index is 0.0999. The first-order valence-electron chi connectivity index (χ1n) is 8.93. The average molecular weight is 369 g/mol. The third kappa shape index (κ3) is 5.97. The molecule has 0 spiro atoms. The second-order valence-corrected chi connectivity index (χ2v) is 7.20. The molecule has 0 unspecified atom stereocenters. The molecule has 1 saturated heterocycles. The Kier molecular flexibility index (Phi) is 7.64. The summed E-state index contributed by atoms with van der Waals surface area (Å²) in [7, 11) is 0.